The topological polar surface area (TPSA) is 84.4 Å². The summed E-state index contributed by atoms with van der Waals surface area (Å²) in [6, 6.07) is -0.613. The molecule has 1 aromatic heterocycles. The van der Waals surface area contributed by atoms with Crippen LogP contribution in [-0.2, 0) is 4.74 Å². The average Bonchev–Trinajstić information content (AvgIpc) is 2.53. The van der Waals surface area contributed by atoms with Crippen molar-refractivity contribution in [3.05, 3.63) is 22.7 Å². The summed E-state index contributed by atoms with van der Waals surface area (Å²) in [4.78, 5) is 33.4. The number of aryl methyl sites for hydroxylation is 1. The van der Waals surface area contributed by atoms with Crippen molar-refractivity contribution >= 4 is 23.6 Å². The SMILES string of the molecule is Cc1cnc(Cl)nc1C(=O)N1CC(F)(F)CC[C@@H]1CNC(=O)OC(C)(C)C. The number of halogens is 3. The predicted molar refractivity (Wildman–Crippen MR) is 95.0 cm³/mol. The Bertz CT molecular complexity index is 725. The highest BCUT2D eigenvalue weighted by Crippen LogP contribution is 2.31. The highest BCUT2D eigenvalue weighted by atomic mass is 35.5. The average molecular weight is 405 g/mol. The fourth-order valence-corrected chi connectivity index (χ4v) is 2.86. The van der Waals surface area contributed by atoms with Crippen molar-refractivity contribution in [3.8, 4) is 0 Å². The van der Waals surface area contributed by atoms with Gasteiger partial charge in [-0.05, 0) is 51.3 Å². The molecule has 1 atom stereocenters. The molecule has 1 aromatic rings. The fraction of sp³-hybridized carbons (Fsp3) is 0.647. The minimum atomic E-state index is -3.01. The summed E-state index contributed by atoms with van der Waals surface area (Å²) in [7, 11) is 0. The number of ether oxygens (including phenoxy) is 1. The predicted octanol–water partition coefficient (Wildman–Crippen LogP) is 3.20. The van der Waals surface area contributed by atoms with Crippen LogP contribution in [0.4, 0.5) is 13.6 Å². The van der Waals surface area contributed by atoms with E-state index in [2.05, 4.69) is 15.3 Å². The van der Waals surface area contributed by atoms with Crippen LogP contribution in [0.25, 0.3) is 0 Å². The number of hydrogen-bond donors (Lipinski definition) is 1. The van der Waals surface area contributed by atoms with E-state index in [-0.39, 0.29) is 30.4 Å². The summed E-state index contributed by atoms with van der Waals surface area (Å²) in [6.45, 7) is 5.98. The molecule has 0 aliphatic carbocycles. The first kappa shape index (κ1) is 21.3. The van der Waals surface area contributed by atoms with E-state index in [1.165, 1.54) is 6.20 Å². The second kappa shape index (κ2) is 7.92. The van der Waals surface area contributed by atoms with Gasteiger partial charge in [0.1, 0.15) is 11.3 Å². The molecule has 2 heterocycles. The quantitative estimate of drug-likeness (QED) is 0.782. The zero-order chi connectivity index (χ0) is 20.4. The highest BCUT2D eigenvalue weighted by Gasteiger charge is 2.43. The number of hydrogen-bond acceptors (Lipinski definition) is 5. The molecule has 2 rings (SSSR count). The van der Waals surface area contributed by atoms with Gasteiger partial charge in [0.25, 0.3) is 11.8 Å². The Morgan fingerprint density at radius 1 is 1.44 bits per heavy atom. The van der Waals surface area contributed by atoms with Crippen LogP contribution < -0.4 is 5.32 Å². The summed E-state index contributed by atoms with van der Waals surface area (Å²) >= 11 is 5.74. The summed E-state index contributed by atoms with van der Waals surface area (Å²) in [5, 5.41) is 2.40. The number of aromatic nitrogens is 2. The number of carbonyl (C=O) groups is 2. The number of nitrogens with zero attached hydrogens (tertiary/aromatic N) is 3. The summed E-state index contributed by atoms with van der Waals surface area (Å²) < 4.78 is 33.0. The summed E-state index contributed by atoms with van der Waals surface area (Å²) in [6.07, 6.45) is 0.347. The molecule has 150 valence electrons. The smallest absolute Gasteiger partial charge is 0.407 e. The van der Waals surface area contributed by atoms with E-state index in [0.717, 1.165) is 4.90 Å². The molecule has 0 radical (unpaired) electrons. The van der Waals surface area contributed by atoms with Crippen LogP contribution in [0, 0.1) is 6.92 Å². The van der Waals surface area contributed by atoms with Gasteiger partial charge in [0, 0.05) is 19.2 Å². The zero-order valence-corrected chi connectivity index (χ0v) is 16.4. The molecule has 1 aliphatic heterocycles. The number of alkyl carbamates (subject to hydrolysis) is 1. The van der Waals surface area contributed by atoms with Gasteiger partial charge in [0.2, 0.25) is 5.28 Å². The first-order chi connectivity index (χ1) is 12.4. The summed E-state index contributed by atoms with van der Waals surface area (Å²) in [5.41, 5.74) is -0.291. The van der Waals surface area contributed by atoms with Gasteiger partial charge in [-0.1, -0.05) is 0 Å². The minimum absolute atomic E-state index is 0.00536. The van der Waals surface area contributed by atoms with Crippen molar-refractivity contribution in [1.29, 1.82) is 0 Å². The van der Waals surface area contributed by atoms with Crippen LogP contribution in [0.3, 0.4) is 0 Å². The first-order valence-corrected chi connectivity index (χ1v) is 8.90. The number of likely N-dealkylation sites (tertiary alicyclic amines) is 1. The number of piperidine rings is 1. The lowest BCUT2D eigenvalue weighted by molar-refractivity contribution is -0.0718. The van der Waals surface area contributed by atoms with E-state index >= 15 is 0 Å². The van der Waals surface area contributed by atoms with Crippen LogP contribution in [0.15, 0.2) is 6.20 Å². The maximum atomic E-state index is 13.9. The monoisotopic (exact) mass is 404 g/mol. The molecule has 10 heteroatoms. The zero-order valence-electron chi connectivity index (χ0n) is 15.7. The maximum absolute atomic E-state index is 13.9. The Hall–Kier alpha value is -2.03. The Labute approximate surface area is 161 Å². The lowest BCUT2D eigenvalue weighted by atomic mass is 9.98. The molecule has 1 aliphatic rings. The van der Waals surface area contributed by atoms with Crippen LogP contribution in [0.1, 0.15) is 49.7 Å². The van der Waals surface area contributed by atoms with Crippen molar-refractivity contribution < 1.29 is 23.1 Å². The molecule has 1 saturated heterocycles. The van der Waals surface area contributed by atoms with Crippen molar-refractivity contribution in [2.75, 3.05) is 13.1 Å². The minimum Gasteiger partial charge on any atom is -0.444 e. The van der Waals surface area contributed by atoms with Gasteiger partial charge in [-0.15, -0.1) is 0 Å². The van der Waals surface area contributed by atoms with E-state index in [1.807, 2.05) is 0 Å². The second-order valence-electron chi connectivity index (χ2n) is 7.53. The Morgan fingerprint density at radius 3 is 2.74 bits per heavy atom. The van der Waals surface area contributed by atoms with Gasteiger partial charge >= 0.3 is 6.09 Å². The largest absolute Gasteiger partial charge is 0.444 e. The van der Waals surface area contributed by atoms with Gasteiger partial charge in [-0.25, -0.2) is 23.5 Å². The van der Waals surface area contributed by atoms with Crippen molar-refractivity contribution in [2.45, 2.75) is 58.1 Å². The van der Waals surface area contributed by atoms with Crippen molar-refractivity contribution in [1.82, 2.24) is 20.2 Å². The normalized spacial score (nSPS) is 19.5. The van der Waals surface area contributed by atoms with Crippen molar-refractivity contribution in [3.63, 3.8) is 0 Å². The van der Waals surface area contributed by atoms with Crippen LogP contribution in [0.5, 0.6) is 0 Å². The molecular formula is C17H23ClF2N4O3. The molecule has 0 unspecified atom stereocenters. The molecule has 27 heavy (non-hydrogen) atoms. The number of carbonyl (C=O) groups excluding carboxylic acids is 2. The number of alkyl halides is 2. The molecule has 0 saturated carbocycles. The fourth-order valence-electron chi connectivity index (χ4n) is 2.73. The molecule has 2 amide bonds. The molecule has 1 fully saturated rings. The third kappa shape index (κ3) is 5.98. The number of rotatable bonds is 3. The van der Waals surface area contributed by atoms with Crippen molar-refractivity contribution in [2.24, 2.45) is 0 Å². The van der Waals surface area contributed by atoms with E-state index in [0.29, 0.717) is 5.56 Å². The van der Waals surface area contributed by atoms with Crippen LogP contribution in [0.2, 0.25) is 5.28 Å². The number of amides is 2. The second-order valence-corrected chi connectivity index (χ2v) is 7.87. The van der Waals surface area contributed by atoms with Gasteiger partial charge in [0.15, 0.2) is 0 Å². The molecular weight excluding hydrogens is 382 g/mol. The third-order valence-electron chi connectivity index (χ3n) is 3.97. The standard InChI is InChI=1S/C17H23ClF2N4O3/c1-10-7-21-14(18)23-12(10)13(25)24-9-17(19,20)6-5-11(24)8-22-15(26)27-16(2,3)4/h7,11H,5-6,8-9H2,1-4H3,(H,22,26)/t11-/m1/s1. The molecule has 0 spiro atoms. The Balaban J connectivity index is 2.16. The lowest BCUT2D eigenvalue weighted by Crippen LogP contribution is -2.55. The van der Waals surface area contributed by atoms with E-state index in [1.54, 1.807) is 27.7 Å². The lowest BCUT2D eigenvalue weighted by Gasteiger charge is -2.39. The van der Waals surface area contributed by atoms with E-state index < -0.39 is 36.1 Å². The molecule has 0 bridgehead atoms. The van der Waals surface area contributed by atoms with Crippen LogP contribution >= 0.6 is 11.6 Å². The summed E-state index contributed by atoms with van der Waals surface area (Å²) in [5.74, 6) is -3.69. The maximum Gasteiger partial charge on any atom is 0.407 e. The van der Waals surface area contributed by atoms with E-state index in [9.17, 15) is 18.4 Å². The number of nitrogens with one attached hydrogen (secondary N) is 1. The van der Waals surface area contributed by atoms with Gasteiger partial charge < -0.3 is 15.0 Å². The van der Waals surface area contributed by atoms with Crippen LogP contribution in [-0.4, -0.2) is 57.5 Å². The molecule has 1 N–H and O–H groups in total. The highest BCUT2D eigenvalue weighted by molar-refractivity contribution is 6.28. The molecule has 7 nitrogen and oxygen atoms in total. The first-order valence-electron chi connectivity index (χ1n) is 8.53. The Kier molecular flexibility index (Phi) is 6.24. The van der Waals surface area contributed by atoms with E-state index in [4.69, 9.17) is 16.3 Å². The molecule has 0 aromatic carbocycles. The van der Waals surface area contributed by atoms with Gasteiger partial charge in [0.05, 0.1) is 12.6 Å². The Morgan fingerprint density at radius 2 is 2.11 bits per heavy atom. The van der Waals surface area contributed by atoms with Gasteiger partial charge in [-0.3, -0.25) is 4.79 Å². The van der Waals surface area contributed by atoms with Gasteiger partial charge in [-0.2, -0.15) is 0 Å². The third-order valence-corrected chi connectivity index (χ3v) is 4.15.